The SMILES string of the molecule is Cl.Cl.O=C(NCC(c1cccs1)N1CCOCC1)C1CCCNC1. The molecule has 138 valence electrons. The summed E-state index contributed by atoms with van der Waals surface area (Å²) in [6.45, 7) is 5.97. The van der Waals surface area contributed by atoms with Gasteiger partial charge in [-0.2, -0.15) is 0 Å². The van der Waals surface area contributed by atoms with Crippen LogP contribution in [-0.4, -0.2) is 56.7 Å². The van der Waals surface area contributed by atoms with Crippen LogP contribution in [0.15, 0.2) is 17.5 Å². The largest absolute Gasteiger partial charge is 0.379 e. The van der Waals surface area contributed by atoms with Gasteiger partial charge in [-0.3, -0.25) is 9.69 Å². The molecule has 24 heavy (non-hydrogen) atoms. The molecule has 2 unspecified atom stereocenters. The van der Waals surface area contributed by atoms with Crippen molar-refractivity contribution in [3.8, 4) is 0 Å². The first kappa shape index (κ1) is 21.7. The lowest BCUT2D eigenvalue weighted by Crippen LogP contribution is -2.46. The smallest absolute Gasteiger partial charge is 0.224 e. The minimum Gasteiger partial charge on any atom is -0.379 e. The lowest BCUT2D eigenvalue weighted by Gasteiger charge is -2.34. The number of amides is 1. The molecular weight excluding hydrogens is 369 g/mol. The summed E-state index contributed by atoms with van der Waals surface area (Å²) < 4.78 is 5.45. The Morgan fingerprint density at radius 1 is 1.42 bits per heavy atom. The highest BCUT2D eigenvalue weighted by Gasteiger charge is 2.26. The fourth-order valence-corrected chi connectivity index (χ4v) is 4.06. The van der Waals surface area contributed by atoms with Gasteiger partial charge in [0.05, 0.1) is 25.2 Å². The molecule has 5 nitrogen and oxygen atoms in total. The van der Waals surface area contributed by atoms with Crippen LogP contribution < -0.4 is 10.6 Å². The summed E-state index contributed by atoms with van der Waals surface area (Å²) in [5, 5.41) is 8.60. The van der Waals surface area contributed by atoms with Crippen molar-refractivity contribution in [1.82, 2.24) is 15.5 Å². The molecule has 1 aromatic heterocycles. The maximum absolute atomic E-state index is 12.4. The fraction of sp³-hybridized carbons (Fsp3) is 0.688. The molecule has 2 N–H and O–H groups in total. The zero-order valence-electron chi connectivity index (χ0n) is 13.7. The second kappa shape index (κ2) is 11.3. The van der Waals surface area contributed by atoms with Gasteiger partial charge >= 0.3 is 0 Å². The Morgan fingerprint density at radius 2 is 2.21 bits per heavy atom. The van der Waals surface area contributed by atoms with E-state index in [0.29, 0.717) is 6.54 Å². The van der Waals surface area contributed by atoms with Crippen molar-refractivity contribution in [2.45, 2.75) is 18.9 Å². The van der Waals surface area contributed by atoms with E-state index in [1.54, 1.807) is 11.3 Å². The third-order valence-corrected chi connectivity index (χ3v) is 5.47. The van der Waals surface area contributed by atoms with Crippen LogP contribution >= 0.6 is 36.2 Å². The van der Waals surface area contributed by atoms with Gasteiger partial charge in [-0.05, 0) is 30.8 Å². The number of nitrogens with one attached hydrogen (secondary N) is 2. The lowest BCUT2D eigenvalue weighted by molar-refractivity contribution is -0.125. The van der Waals surface area contributed by atoms with Gasteiger partial charge in [0.1, 0.15) is 0 Å². The highest BCUT2D eigenvalue weighted by atomic mass is 35.5. The highest BCUT2D eigenvalue weighted by Crippen LogP contribution is 2.25. The molecule has 8 heteroatoms. The molecule has 2 saturated heterocycles. The predicted octanol–water partition coefficient (Wildman–Crippen LogP) is 2.08. The molecule has 0 spiro atoms. The Hall–Kier alpha value is -0.370. The second-order valence-corrected chi connectivity index (χ2v) is 6.95. The standard InChI is InChI=1S/C16H25N3O2S.2ClH/c20-16(13-3-1-5-17-11-13)18-12-14(15-4-2-10-22-15)19-6-8-21-9-7-19;;/h2,4,10,13-14,17H,1,3,5-9,11-12H2,(H,18,20);2*1H. The van der Waals surface area contributed by atoms with E-state index in [0.717, 1.165) is 52.2 Å². The average molecular weight is 396 g/mol. The van der Waals surface area contributed by atoms with Gasteiger partial charge in [-0.25, -0.2) is 0 Å². The first-order valence-electron chi connectivity index (χ1n) is 8.18. The third-order valence-electron chi connectivity index (χ3n) is 4.50. The fourth-order valence-electron chi connectivity index (χ4n) is 3.20. The normalized spacial score (nSPS) is 22.8. The van der Waals surface area contributed by atoms with Crippen LogP contribution in [0.5, 0.6) is 0 Å². The Labute approximate surface area is 160 Å². The highest BCUT2D eigenvalue weighted by molar-refractivity contribution is 7.10. The number of halogens is 2. The minimum absolute atomic E-state index is 0. The summed E-state index contributed by atoms with van der Waals surface area (Å²) in [6.07, 6.45) is 2.09. The van der Waals surface area contributed by atoms with Gasteiger partial charge in [0.25, 0.3) is 0 Å². The van der Waals surface area contributed by atoms with Crippen molar-refractivity contribution in [2.24, 2.45) is 5.92 Å². The van der Waals surface area contributed by atoms with Crippen molar-refractivity contribution in [2.75, 3.05) is 45.9 Å². The van der Waals surface area contributed by atoms with Crippen molar-refractivity contribution in [3.63, 3.8) is 0 Å². The monoisotopic (exact) mass is 395 g/mol. The van der Waals surface area contributed by atoms with E-state index in [1.165, 1.54) is 4.88 Å². The zero-order chi connectivity index (χ0) is 15.2. The molecule has 0 saturated carbocycles. The molecule has 0 radical (unpaired) electrons. The molecular formula is C16H27Cl2N3O2S. The molecule has 0 aliphatic carbocycles. The van der Waals surface area contributed by atoms with Crippen LogP contribution in [0, 0.1) is 5.92 Å². The summed E-state index contributed by atoms with van der Waals surface area (Å²) in [5.74, 6) is 0.324. The molecule has 2 fully saturated rings. The maximum Gasteiger partial charge on any atom is 0.224 e. The molecule has 0 aromatic carbocycles. The van der Waals surface area contributed by atoms with Crippen LogP contribution in [0.3, 0.4) is 0 Å². The Bertz CT molecular complexity index is 464. The van der Waals surface area contributed by atoms with Gasteiger partial charge in [0.2, 0.25) is 5.91 Å². The number of thiophene rings is 1. The maximum atomic E-state index is 12.4. The topological polar surface area (TPSA) is 53.6 Å². The minimum atomic E-state index is 0. The van der Waals surface area contributed by atoms with Gasteiger partial charge < -0.3 is 15.4 Å². The number of carbonyl (C=O) groups excluding carboxylic acids is 1. The first-order valence-corrected chi connectivity index (χ1v) is 9.06. The molecule has 2 atom stereocenters. The lowest BCUT2D eigenvalue weighted by atomic mass is 9.99. The second-order valence-electron chi connectivity index (χ2n) is 5.97. The quantitative estimate of drug-likeness (QED) is 0.800. The number of ether oxygens (including phenoxy) is 1. The summed E-state index contributed by atoms with van der Waals surface area (Å²) in [6, 6.07) is 4.52. The van der Waals surface area contributed by atoms with Gasteiger partial charge in [-0.1, -0.05) is 6.07 Å². The Kier molecular flexibility index (Phi) is 10.2. The summed E-state index contributed by atoms with van der Waals surface area (Å²) in [4.78, 5) is 16.1. The number of rotatable bonds is 5. The van der Waals surface area contributed by atoms with E-state index in [1.807, 2.05) is 0 Å². The number of hydrogen-bond acceptors (Lipinski definition) is 5. The molecule has 1 amide bonds. The van der Waals surface area contributed by atoms with Gasteiger partial charge in [0.15, 0.2) is 0 Å². The molecule has 2 aliphatic heterocycles. The van der Waals surface area contributed by atoms with Crippen molar-refractivity contribution < 1.29 is 9.53 Å². The van der Waals surface area contributed by atoms with Crippen LogP contribution in [0.25, 0.3) is 0 Å². The molecule has 2 aliphatic rings. The van der Waals surface area contributed by atoms with Crippen molar-refractivity contribution in [3.05, 3.63) is 22.4 Å². The first-order chi connectivity index (χ1) is 10.8. The van der Waals surface area contributed by atoms with E-state index in [-0.39, 0.29) is 42.7 Å². The van der Waals surface area contributed by atoms with Crippen LogP contribution in [0.4, 0.5) is 0 Å². The van der Waals surface area contributed by atoms with E-state index in [4.69, 9.17) is 4.74 Å². The molecule has 1 aromatic rings. The van der Waals surface area contributed by atoms with Crippen LogP contribution in [0.1, 0.15) is 23.8 Å². The third kappa shape index (κ3) is 5.86. The summed E-state index contributed by atoms with van der Waals surface area (Å²) >= 11 is 1.77. The van der Waals surface area contributed by atoms with Gasteiger partial charge in [-0.15, -0.1) is 36.2 Å². The van der Waals surface area contributed by atoms with Crippen molar-refractivity contribution >= 4 is 42.1 Å². The van der Waals surface area contributed by atoms with E-state index < -0.39 is 0 Å². The number of morpholine rings is 1. The number of nitrogens with zero attached hydrogens (tertiary/aromatic N) is 1. The molecule has 0 bridgehead atoms. The molecule has 3 heterocycles. The average Bonchev–Trinajstić information content (AvgIpc) is 3.11. The Balaban J connectivity index is 0.00000144. The van der Waals surface area contributed by atoms with Crippen molar-refractivity contribution in [1.29, 1.82) is 0 Å². The summed E-state index contributed by atoms with van der Waals surface area (Å²) in [5.41, 5.74) is 0. The van der Waals surface area contributed by atoms with E-state index in [2.05, 4.69) is 33.0 Å². The van der Waals surface area contributed by atoms with E-state index >= 15 is 0 Å². The molecule has 3 rings (SSSR count). The summed E-state index contributed by atoms with van der Waals surface area (Å²) in [7, 11) is 0. The predicted molar refractivity (Wildman–Crippen MR) is 103 cm³/mol. The number of carbonyl (C=O) groups is 1. The van der Waals surface area contributed by atoms with E-state index in [9.17, 15) is 4.79 Å². The Morgan fingerprint density at radius 3 is 2.83 bits per heavy atom. The van der Waals surface area contributed by atoms with Crippen LogP contribution in [-0.2, 0) is 9.53 Å². The number of hydrogen-bond donors (Lipinski definition) is 2. The van der Waals surface area contributed by atoms with Gasteiger partial charge in [0, 0.05) is 31.1 Å². The zero-order valence-corrected chi connectivity index (χ0v) is 16.2. The number of piperidine rings is 1. The van der Waals surface area contributed by atoms with Crippen LogP contribution in [0.2, 0.25) is 0 Å².